The summed E-state index contributed by atoms with van der Waals surface area (Å²) >= 11 is 6.74. The van der Waals surface area contributed by atoms with Gasteiger partial charge >= 0.3 is 6.18 Å². The van der Waals surface area contributed by atoms with Crippen LogP contribution in [-0.2, 0) is 15.7 Å². The number of benzene rings is 2. The molecule has 0 radical (unpaired) electrons. The Labute approximate surface area is 194 Å². The van der Waals surface area contributed by atoms with Crippen molar-refractivity contribution in [2.45, 2.75) is 11.1 Å². The van der Waals surface area contributed by atoms with Crippen molar-refractivity contribution in [3.63, 3.8) is 0 Å². The lowest BCUT2D eigenvalue weighted by molar-refractivity contribution is -0.137. The summed E-state index contributed by atoms with van der Waals surface area (Å²) in [6.45, 7) is 0.635. The minimum absolute atomic E-state index is 0.0824. The summed E-state index contributed by atoms with van der Waals surface area (Å²) in [4.78, 5) is 25.7. The number of carbonyl (C=O) groups is 2. The molecular formula is C21H16ClF5N2O3S. The Morgan fingerprint density at radius 3 is 2.48 bits per heavy atom. The molecule has 176 valence electrons. The highest BCUT2D eigenvalue weighted by Crippen LogP contribution is 2.52. The van der Waals surface area contributed by atoms with Crippen molar-refractivity contribution < 1.29 is 36.3 Å². The van der Waals surface area contributed by atoms with Crippen molar-refractivity contribution in [2.75, 3.05) is 37.5 Å². The zero-order valence-corrected chi connectivity index (χ0v) is 18.6. The minimum atomic E-state index is -5.00. The van der Waals surface area contributed by atoms with Crippen molar-refractivity contribution in [3.05, 3.63) is 46.0 Å². The van der Waals surface area contributed by atoms with Crippen LogP contribution >= 0.6 is 23.4 Å². The Morgan fingerprint density at radius 2 is 1.94 bits per heavy atom. The van der Waals surface area contributed by atoms with Gasteiger partial charge in [0.2, 0.25) is 6.41 Å². The maximum atomic E-state index is 14.8. The lowest BCUT2D eigenvalue weighted by atomic mass is 9.87. The summed E-state index contributed by atoms with van der Waals surface area (Å²) in [6.07, 6.45) is -4.58. The molecule has 0 atom stereocenters. The largest absolute Gasteiger partial charge is 0.417 e. The fourth-order valence-corrected chi connectivity index (χ4v) is 5.55. The van der Waals surface area contributed by atoms with Crippen molar-refractivity contribution in [1.82, 2.24) is 5.32 Å². The molecule has 1 N–H and O–H groups in total. The van der Waals surface area contributed by atoms with Gasteiger partial charge in [0.15, 0.2) is 0 Å². The second-order valence-corrected chi connectivity index (χ2v) is 9.26. The van der Waals surface area contributed by atoms with Crippen LogP contribution in [0.3, 0.4) is 0 Å². The van der Waals surface area contributed by atoms with E-state index < -0.39 is 56.4 Å². The number of thioether (sulfide) groups is 1. The average Bonchev–Trinajstić information content (AvgIpc) is 2.91. The number of fused-ring (bicyclic) bond motifs is 1. The molecular weight excluding hydrogens is 491 g/mol. The summed E-state index contributed by atoms with van der Waals surface area (Å²) < 4.78 is 76.5. The van der Waals surface area contributed by atoms with Gasteiger partial charge in [0.25, 0.3) is 5.91 Å². The molecule has 1 saturated heterocycles. The molecule has 1 spiro atoms. The molecule has 1 fully saturated rings. The summed E-state index contributed by atoms with van der Waals surface area (Å²) in [5.41, 5.74) is -3.53. The molecule has 2 aromatic carbocycles. The minimum Gasteiger partial charge on any atom is -0.380 e. The van der Waals surface area contributed by atoms with Crippen molar-refractivity contribution in [1.29, 1.82) is 0 Å². The highest BCUT2D eigenvalue weighted by molar-refractivity contribution is 7.99. The van der Waals surface area contributed by atoms with Gasteiger partial charge in [-0.15, -0.1) is 11.8 Å². The van der Waals surface area contributed by atoms with E-state index in [0.717, 1.165) is 22.7 Å². The van der Waals surface area contributed by atoms with Gasteiger partial charge in [-0.3, -0.25) is 9.59 Å². The third-order valence-electron chi connectivity index (χ3n) is 5.57. The van der Waals surface area contributed by atoms with Crippen molar-refractivity contribution in [2.24, 2.45) is 5.41 Å². The first-order valence-corrected chi connectivity index (χ1v) is 11.0. The van der Waals surface area contributed by atoms with E-state index in [1.807, 2.05) is 0 Å². The number of nitrogens with one attached hydrogen (secondary N) is 1. The van der Waals surface area contributed by atoms with E-state index in [-0.39, 0.29) is 36.1 Å². The molecule has 0 aromatic heterocycles. The maximum absolute atomic E-state index is 14.8. The lowest BCUT2D eigenvalue weighted by Gasteiger charge is -2.41. The van der Waals surface area contributed by atoms with E-state index >= 15 is 0 Å². The lowest BCUT2D eigenvalue weighted by Crippen LogP contribution is -2.52. The maximum Gasteiger partial charge on any atom is 0.417 e. The van der Waals surface area contributed by atoms with Gasteiger partial charge in [-0.05, 0) is 12.1 Å². The second kappa shape index (κ2) is 8.44. The summed E-state index contributed by atoms with van der Waals surface area (Å²) in [5.74, 6) is -2.99. The smallest absolute Gasteiger partial charge is 0.380 e. The fourth-order valence-electron chi connectivity index (χ4n) is 3.95. The number of carbonyl (C=O) groups excluding carboxylic acids is 2. The van der Waals surface area contributed by atoms with E-state index in [4.69, 9.17) is 16.3 Å². The van der Waals surface area contributed by atoms with E-state index in [1.165, 1.54) is 7.05 Å². The van der Waals surface area contributed by atoms with Crippen LogP contribution in [0.15, 0.2) is 23.1 Å². The number of anilines is 1. The quantitative estimate of drug-likeness (QED) is 0.371. The number of rotatable bonds is 3. The SMILES string of the molecule is CNC(=O)c1cc(C(F)(F)F)c(-c2cc(Cl)c(F)cc2F)c2c1N(C=O)CC1(COC1)CS2. The van der Waals surface area contributed by atoms with Gasteiger partial charge in [-0.2, -0.15) is 13.2 Å². The number of hydrogen-bond acceptors (Lipinski definition) is 4. The zero-order chi connectivity index (χ0) is 24.1. The molecule has 0 saturated carbocycles. The molecule has 0 aliphatic carbocycles. The van der Waals surface area contributed by atoms with Gasteiger partial charge < -0.3 is 15.0 Å². The monoisotopic (exact) mass is 506 g/mol. The number of hydrogen-bond donors (Lipinski definition) is 1. The normalized spacial score (nSPS) is 17.2. The molecule has 2 aromatic rings. The molecule has 4 rings (SSSR count). The number of nitrogens with zero attached hydrogens (tertiary/aromatic N) is 1. The zero-order valence-electron chi connectivity index (χ0n) is 17.0. The number of amides is 2. The van der Waals surface area contributed by atoms with Crippen LogP contribution in [0.25, 0.3) is 11.1 Å². The molecule has 2 amide bonds. The topological polar surface area (TPSA) is 58.6 Å². The first kappa shape index (κ1) is 23.8. The highest BCUT2D eigenvalue weighted by atomic mass is 35.5. The Morgan fingerprint density at radius 1 is 1.24 bits per heavy atom. The molecule has 12 heteroatoms. The van der Waals surface area contributed by atoms with Crippen LogP contribution < -0.4 is 10.2 Å². The fraction of sp³-hybridized carbons (Fsp3) is 0.333. The number of halogens is 6. The Kier molecular flexibility index (Phi) is 6.08. The van der Waals surface area contributed by atoms with Gasteiger partial charge in [0.05, 0.1) is 35.1 Å². The van der Waals surface area contributed by atoms with Gasteiger partial charge in [-0.25, -0.2) is 8.78 Å². The molecule has 33 heavy (non-hydrogen) atoms. The molecule has 2 aliphatic heterocycles. The van der Waals surface area contributed by atoms with Gasteiger partial charge in [0.1, 0.15) is 11.6 Å². The third-order valence-corrected chi connectivity index (χ3v) is 7.30. The Balaban J connectivity index is 2.11. The summed E-state index contributed by atoms with van der Waals surface area (Å²) in [6, 6.07) is 1.75. The summed E-state index contributed by atoms with van der Waals surface area (Å²) in [7, 11) is 1.24. The van der Waals surface area contributed by atoms with Crippen molar-refractivity contribution >= 4 is 41.4 Å². The predicted molar refractivity (Wildman–Crippen MR) is 113 cm³/mol. The van der Waals surface area contributed by atoms with Crippen LogP contribution in [0.2, 0.25) is 5.02 Å². The molecule has 5 nitrogen and oxygen atoms in total. The van der Waals surface area contributed by atoms with E-state index in [2.05, 4.69) is 5.32 Å². The Bertz CT molecular complexity index is 1150. The molecule has 0 bridgehead atoms. The van der Waals surface area contributed by atoms with Crippen molar-refractivity contribution in [3.8, 4) is 11.1 Å². The number of ether oxygens (including phenoxy) is 1. The van der Waals surface area contributed by atoms with Gasteiger partial charge in [-0.1, -0.05) is 11.6 Å². The third kappa shape index (κ3) is 4.06. The first-order chi connectivity index (χ1) is 15.5. The van der Waals surface area contributed by atoms with E-state index in [9.17, 15) is 31.5 Å². The van der Waals surface area contributed by atoms with Crippen LogP contribution in [0.1, 0.15) is 15.9 Å². The second-order valence-electron chi connectivity index (χ2n) is 7.86. The number of alkyl halides is 3. The van der Waals surface area contributed by atoms with E-state index in [0.29, 0.717) is 18.5 Å². The summed E-state index contributed by atoms with van der Waals surface area (Å²) in [5, 5.41) is 1.71. The van der Waals surface area contributed by atoms with E-state index in [1.54, 1.807) is 0 Å². The van der Waals surface area contributed by atoms with Crippen LogP contribution in [-0.4, -0.2) is 44.9 Å². The van der Waals surface area contributed by atoms with Gasteiger partial charge in [0, 0.05) is 46.8 Å². The highest BCUT2D eigenvalue weighted by Gasteiger charge is 2.46. The predicted octanol–water partition coefficient (Wildman–Crippen LogP) is 4.75. The van der Waals surface area contributed by atoms with Crippen LogP contribution in [0, 0.1) is 17.0 Å². The average molecular weight is 507 g/mol. The Hall–Kier alpha value is -2.37. The molecule has 2 aliphatic rings. The molecule has 2 heterocycles. The van der Waals surface area contributed by atoms with Crippen LogP contribution in [0.4, 0.5) is 27.6 Å². The van der Waals surface area contributed by atoms with Crippen LogP contribution in [0.5, 0.6) is 0 Å². The first-order valence-electron chi connectivity index (χ1n) is 9.59. The molecule has 0 unspecified atom stereocenters. The standard InChI is InChI=1S/C21H16ClF5N2O3S/c1-28-19(31)11-2-12(21(25,26)27)16(10-3-13(22)15(24)4-14(10)23)18-17(11)29(9-30)5-20(8-33-18)6-32-7-20/h2-4,9H,5-8H2,1H3,(H,28,31).